The van der Waals surface area contributed by atoms with E-state index in [1.807, 2.05) is 23.9 Å². The molecule has 94 valence electrons. The van der Waals surface area contributed by atoms with Crippen molar-refractivity contribution in [2.75, 3.05) is 25.1 Å². The zero-order chi connectivity index (χ0) is 12.3. The second-order valence-electron chi connectivity index (χ2n) is 4.53. The maximum atomic E-state index is 5.90. The summed E-state index contributed by atoms with van der Waals surface area (Å²) in [5.74, 6) is 0. The highest BCUT2D eigenvalue weighted by atomic mass is 79.9. The summed E-state index contributed by atoms with van der Waals surface area (Å²) in [6, 6.07) is 6.12. The molecule has 0 atom stereocenters. The molecule has 1 aromatic carbocycles. The van der Waals surface area contributed by atoms with Crippen LogP contribution in [0.2, 0.25) is 0 Å². The SMILES string of the molecule is CSC1CCN(Cc2cccc(N)c2Br)CC1. The highest BCUT2D eigenvalue weighted by Gasteiger charge is 2.18. The van der Waals surface area contributed by atoms with Gasteiger partial charge in [-0.3, -0.25) is 4.90 Å². The Bertz CT molecular complexity index is 376. The molecule has 0 radical (unpaired) electrons. The minimum absolute atomic E-state index is 0.835. The highest BCUT2D eigenvalue weighted by Crippen LogP contribution is 2.27. The Balaban J connectivity index is 1.95. The normalized spacial score (nSPS) is 18.5. The summed E-state index contributed by atoms with van der Waals surface area (Å²) in [5, 5.41) is 0.857. The number of hydrogen-bond donors (Lipinski definition) is 1. The lowest BCUT2D eigenvalue weighted by atomic mass is 10.1. The third-order valence-corrected chi connectivity index (χ3v) is 5.48. The topological polar surface area (TPSA) is 29.3 Å². The first-order valence-corrected chi connectivity index (χ1v) is 8.07. The number of piperidine rings is 1. The number of nitrogen functional groups attached to an aromatic ring is 1. The summed E-state index contributed by atoms with van der Waals surface area (Å²) in [6.45, 7) is 3.41. The lowest BCUT2D eigenvalue weighted by Crippen LogP contribution is -2.34. The Kier molecular flexibility index (Phi) is 4.77. The molecule has 2 rings (SSSR count). The molecule has 2 nitrogen and oxygen atoms in total. The highest BCUT2D eigenvalue weighted by molar-refractivity contribution is 9.10. The van der Waals surface area contributed by atoms with Gasteiger partial charge < -0.3 is 5.73 Å². The molecule has 0 spiro atoms. The number of hydrogen-bond acceptors (Lipinski definition) is 3. The van der Waals surface area contributed by atoms with Crippen LogP contribution in [0.3, 0.4) is 0 Å². The molecular formula is C13H19BrN2S. The molecule has 17 heavy (non-hydrogen) atoms. The largest absolute Gasteiger partial charge is 0.398 e. The van der Waals surface area contributed by atoms with Crippen molar-refractivity contribution in [1.29, 1.82) is 0 Å². The molecule has 0 aromatic heterocycles. The maximum absolute atomic E-state index is 5.90. The van der Waals surface area contributed by atoms with Gasteiger partial charge in [0, 0.05) is 22.0 Å². The van der Waals surface area contributed by atoms with Gasteiger partial charge >= 0.3 is 0 Å². The van der Waals surface area contributed by atoms with E-state index in [4.69, 9.17) is 5.73 Å². The number of benzene rings is 1. The van der Waals surface area contributed by atoms with Gasteiger partial charge in [0.15, 0.2) is 0 Å². The van der Waals surface area contributed by atoms with Gasteiger partial charge in [-0.1, -0.05) is 12.1 Å². The van der Waals surface area contributed by atoms with Gasteiger partial charge in [-0.25, -0.2) is 0 Å². The monoisotopic (exact) mass is 314 g/mol. The quantitative estimate of drug-likeness (QED) is 0.867. The summed E-state index contributed by atoms with van der Waals surface area (Å²) in [5.41, 5.74) is 8.03. The minimum atomic E-state index is 0.835. The predicted molar refractivity (Wildman–Crippen MR) is 80.4 cm³/mol. The number of halogens is 1. The second kappa shape index (κ2) is 6.12. The van der Waals surface area contributed by atoms with Gasteiger partial charge in [-0.05, 0) is 59.7 Å². The molecule has 1 fully saturated rings. The van der Waals surface area contributed by atoms with E-state index in [2.05, 4.69) is 33.2 Å². The van der Waals surface area contributed by atoms with Crippen molar-refractivity contribution in [3.63, 3.8) is 0 Å². The van der Waals surface area contributed by atoms with E-state index in [0.717, 1.165) is 22.0 Å². The van der Waals surface area contributed by atoms with Crippen LogP contribution in [0, 0.1) is 0 Å². The van der Waals surface area contributed by atoms with Crippen LogP contribution in [-0.4, -0.2) is 29.5 Å². The van der Waals surface area contributed by atoms with Crippen LogP contribution in [0.4, 0.5) is 5.69 Å². The van der Waals surface area contributed by atoms with Crippen molar-refractivity contribution >= 4 is 33.4 Å². The number of nitrogens with zero attached hydrogens (tertiary/aromatic N) is 1. The maximum Gasteiger partial charge on any atom is 0.0461 e. The molecule has 1 saturated heterocycles. The summed E-state index contributed by atoms with van der Waals surface area (Å²) >= 11 is 5.58. The van der Waals surface area contributed by atoms with Crippen LogP contribution in [0.1, 0.15) is 18.4 Å². The number of nitrogens with two attached hydrogens (primary N) is 1. The Morgan fingerprint density at radius 2 is 2.12 bits per heavy atom. The fraction of sp³-hybridized carbons (Fsp3) is 0.538. The van der Waals surface area contributed by atoms with E-state index in [-0.39, 0.29) is 0 Å². The Morgan fingerprint density at radius 1 is 1.41 bits per heavy atom. The van der Waals surface area contributed by atoms with E-state index < -0.39 is 0 Å². The standard InChI is InChI=1S/C13H19BrN2S/c1-17-11-5-7-16(8-6-11)9-10-3-2-4-12(15)13(10)14/h2-4,11H,5-9,15H2,1H3. The summed E-state index contributed by atoms with van der Waals surface area (Å²) in [7, 11) is 0. The van der Waals surface area contributed by atoms with Crippen LogP contribution in [-0.2, 0) is 6.54 Å². The van der Waals surface area contributed by atoms with Gasteiger partial charge in [0.2, 0.25) is 0 Å². The molecule has 0 aliphatic carbocycles. The van der Waals surface area contributed by atoms with Gasteiger partial charge in [0.1, 0.15) is 0 Å². The van der Waals surface area contributed by atoms with Crippen molar-refractivity contribution in [2.45, 2.75) is 24.6 Å². The lowest BCUT2D eigenvalue weighted by molar-refractivity contribution is 0.224. The van der Waals surface area contributed by atoms with E-state index >= 15 is 0 Å². The fourth-order valence-corrected chi connectivity index (χ4v) is 3.34. The van der Waals surface area contributed by atoms with Crippen LogP contribution in [0.25, 0.3) is 0 Å². The van der Waals surface area contributed by atoms with Crippen LogP contribution in [0.5, 0.6) is 0 Å². The molecule has 1 aliphatic rings. The smallest absolute Gasteiger partial charge is 0.0461 e. The average Bonchev–Trinajstić information content (AvgIpc) is 2.36. The van der Waals surface area contributed by atoms with Crippen molar-refractivity contribution in [3.8, 4) is 0 Å². The van der Waals surface area contributed by atoms with E-state index in [1.165, 1.54) is 31.5 Å². The van der Waals surface area contributed by atoms with Crippen molar-refractivity contribution < 1.29 is 0 Å². The van der Waals surface area contributed by atoms with Gasteiger partial charge in [0.05, 0.1) is 0 Å². The van der Waals surface area contributed by atoms with Crippen LogP contribution < -0.4 is 5.73 Å². The minimum Gasteiger partial charge on any atom is -0.398 e. The van der Waals surface area contributed by atoms with Gasteiger partial charge in [-0.2, -0.15) is 11.8 Å². The molecule has 2 N–H and O–H groups in total. The first-order valence-electron chi connectivity index (χ1n) is 5.98. The third kappa shape index (κ3) is 3.39. The number of anilines is 1. The molecule has 0 bridgehead atoms. The number of likely N-dealkylation sites (tertiary alicyclic amines) is 1. The third-order valence-electron chi connectivity index (χ3n) is 3.37. The van der Waals surface area contributed by atoms with Gasteiger partial charge in [0.25, 0.3) is 0 Å². The lowest BCUT2D eigenvalue weighted by Gasteiger charge is -2.31. The van der Waals surface area contributed by atoms with Gasteiger partial charge in [-0.15, -0.1) is 0 Å². The summed E-state index contributed by atoms with van der Waals surface area (Å²) in [6.07, 6.45) is 4.83. The molecule has 1 heterocycles. The first-order chi connectivity index (χ1) is 8.20. The van der Waals surface area contributed by atoms with E-state index in [9.17, 15) is 0 Å². The van der Waals surface area contributed by atoms with Crippen LogP contribution >= 0.6 is 27.7 Å². The zero-order valence-corrected chi connectivity index (χ0v) is 12.6. The van der Waals surface area contributed by atoms with Crippen molar-refractivity contribution in [1.82, 2.24) is 4.90 Å². The molecule has 4 heteroatoms. The van der Waals surface area contributed by atoms with Crippen molar-refractivity contribution in [3.05, 3.63) is 28.2 Å². The number of thioether (sulfide) groups is 1. The Morgan fingerprint density at radius 3 is 2.76 bits per heavy atom. The Hall–Kier alpha value is -0.190. The predicted octanol–water partition coefficient (Wildman–Crippen LogP) is 3.36. The van der Waals surface area contributed by atoms with E-state index in [0.29, 0.717) is 0 Å². The van der Waals surface area contributed by atoms with E-state index in [1.54, 1.807) is 0 Å². The summed E-state index contributed by atoms with van der Waals surface area (Å²) < 4.78 is 1.06. The second-order valence-corrected chi connectivity index (χ2v) is 6.46. The average molecular weight is 315 g/mol. The molecule has 0 unspecified atom stereocenters. The zero-order valence-electron chi connectivity index (χ0n) is 10.2. The number of rotatable bonds is 3. The Labute approximate surface area is 116 Å². The van der Waals surface area contributed by atoms with Crippen molar-refractivity contribution in [2.24, 2.45) is 0 Å². The first kappa shape index (κ1) is 13.2. The molecule has 1 aliphatic heterocycles. The molecule has 1 aromatic rings. The molecule has 0 amide bonds. The summed E-state index contributed by atoms with van der Waals surface area (Å²) in [4.78, 5) is 2.52. The fourth-order valence-electron chi connectivity index (χ4n) is 2.27. The molecular weight excluding hydrogens is 296 g/mol. The van der Waals surface area contributed by atoms with Crippen LogP contribution in [0.15, 0.2) is 22.7 Å². The molecule has 0 saturated carbocycles.